The van der Waals surface area contributed by atoms with E-state index >= 15 is 0 Å². The number of anilines is 1. The third-order valence-electron chi connectivity index (χ3n) is 5.37. The molecule has 4 rings (SSSR count). The molecule has 0 saturated carbocycles. The van der Waals surface area contributed by atoms with E-state index in [1.807, 2.05) is 19.9 Å². The largest absolute Gasteiger partial charge is 0.493 e. The van der Waals surface area contributed by atoms with E-state index in [2.05, 4.69) is 31.3 Å². The Morgan fingerprint density at radius 2 is 1.95 bits per heavy atom. The van der Waals surface area contributed by atoms with Crippen molar-refractivity contribution in [1.29, 1.82) is 0 Å². The van der Waals surface area contributed by atoms with Crippen LogP contribution in [0.1, 0.15) is 31.2 Å². The molecule has 0 aliphatic rings. The summed E-state index contributed by atoms with van der Waals surface area (Å²) in [5.41, 5.74) is 1.03. The molecule has 0 atom stereocenters. The molecular formula is C27H24BrFN4O4. The minimum Gasteiger partial charge on any atom is -0.493 e. The molecule has 4 aromatic rings. The summed E-state index contributed by atoms with van der Waals surface area (Å²) in [4.78, 5) is 30.0. The first-order valence-electron chi connectivity index (χ1n) is 11.4. The molecule has 1 N–H and O–H groups in total. The summed E-state index contributed by atoms with van der Waals surface area (Å²) in [6, 6.07) is 16.2. The molecule has 1 aromatic heterocycles. The Bertz CT molecular complexity index is 1550. The van der Waals surface area contributed by atoms with Crippen molar-refractivity contribution in [3.05, 3.63) is 92.7 Å². The predicted octanol–water partition coefficient (Wildman–Crippen LogP) is 5.33. The number of amides is 1. The highest BCUT2D eigenvalue weighted by atomic mass is 79.9. The Labute approximate surface area is 220 Å². The fourth-order valence-corrected chi connectivity index (χ4v) is 3.91. The van der Waals surface area contributed by atoms with Gasteiger partial charge in [-0.25, -0.2) is 9.37 Å². The van der Waals surface area contributed by atoms with E-state index in [9.17, 15) is 14.0 Å². The van der Waals surface area contributed by atoms with Crippen LogP contribution in [-0.4, -0.2) is 35.5 Å². The van der Waals surface area contributed by atoms with Gasteiger partial charge in [-0.2, -0.15) is 9.78 Å². The molecule has 1 amide bonds. The van der Waals surface area contributed by atoms with Gasteiger partial charge in [-0.15, -0.1) is 0 Å². The predicted molar refractivity (Wildman–Crippen MR) is 144 cm³/mol. The van der Waals surface area contributed by atoms with Gasteiger partial charge in [0.25, 0.3) is 11.5 Å². The number of rotatable bonds is 8. The monoisotopic (exact) mass is 566 g/mol. The minimum absolute atomic E-state index is 0.0429. The molecule has 0 saturated heterocycles. The molecule has 0 unspecified atom stereocenters. The number of carbonyl (C=O) groups is 1. The van der Waals surface area contributed by atoms with E-state index in [1.165, 1.54) is 36.2 Å². The molecule has 37 heavy (non-hydrogen) atoms. The molecule has 0 aliphatic heterocycles. The Morgan fingerprint density at radius 3 is 2.68 bits per heavy atom. The molecule has 8 nitrogen and oxygen atoms in total. The zero-order chi connectivity index (χ0) is 26.5. The second-order valence-corrected chi connectivity index (χ2v) is 9.29. The van der Waals surface area contributed by atoms with Crippen molar-refractivity contribution >= 4 is 44.6 Å². The summed E-state index contributed by atoms with van der Waals surface area (Å²) in [6.45, 7) is 3.54. The van der Waals surface area contributed by atoms with E-state index in [1.54, 1.807) is 36.4 Å². The number of nitrogens with zero attached hydrogens (tertiary/aromatic N) is 3. The van der Waals surface area contributed by atoms with Crippen LogP contribution < -0.4 is 20.3 Å². The average molecular weight is 567 g/mol. The molecule has 0 aliphatic carbocycles. The summed E-state index contributed by atoms with van der Waals surface area (Å²) < 4.78 is 26.8. The van der Waals surface area contributed by atoms with E-state index < -0.39 is 11.7 Å². The lowest BCUT2D eigenvalue weighted by atomic mass is 10.2. The van der Waals surface area contributed by atoms with Crippen LogP contribution in [-0.2, 0) is 4.79 Å². The van der Waals surface area contributed by atoms with E-state index in [-0.39, 0.29) is 23.8 Å². The van der Waals surface area contributed by atoms with E-state index in [4.69, 9.17) is 9.47 Å². The Morgan fingerprint density at radius 1 is 1.16 bits per heavy atom. The molecule has 1 heterocycles. The van der Waals surface area contributed by atoms with Crippen LogP contribution >= 0.6 is 15.9 Å². The van der Waals surface area contributed by atoms with Crippen molar-refractivity contribution in [3.8, 4) is 11.5 Å². The van der Waals surface area contributed by atoms with Gasteiger partial charge in [-0.05, 0) is 54.1 Å². The number of hydrogen-bond donors (Lipinski definition) is 1. The van der Waals surface area contributed by atoms with Crippen LogP contribution in [0, 0.1) is 5.82 Å². The van der Waals surface area contributed by atoms with Gasteiger partial charge in [0.1, 0.15) is 11.6 Å². The Balaban J connectivity index is 1.55. The summed E-state index contributed by atoms with van der Waals surface area (Å²) >= 11 is 3.40. The quantitative estimate of drug-likeness (QED) is 0.291. The van der Waals surface area contributed by atoms with E-state index in [0.717, 1.165) is 4.47 Å². The third-order valence-corrected chi connectivity index (χ3v) is 5.86. The summed E-state index contributed by atoms with van der Waals surface area (Å²) in [5.74, 6) is 0.114. The second kappa shape index (κ2) is 11.3. The zero-order valence-electron chi connectivity index (χ0n) is 20.4. The van der Waals surface area contributed by atoms with Gasteiger partial charge >= 0.3 is 0 Å². The van der Waals surface area contributed by atoms with Crippen LogP contribution in [0.25, 0.3) is 10.9 Å². The third kappa shape index (κ3) is 6.03. The number of benzene rings is 3. The number of fused-ring (bicyclic) bond motifs is 1. The number of carbonyl (C=O) groups excluding carboxylic acids is 1. The van der Waals surface area contributed by atoms with Crippen molar-refractivity contribution < 1.29 is 18.7 Å². The van der Waals surface area contributed by atoms with Gasteiger partial charge in [0, 0.05) is 10.4 Å². The highest BCUT2D eigenvalue weighted by Crippen LogP contribution is 2.28. The maximum atomic E-state index is 13.7. The van der Waals surface area contributed by atoms with Crippen molar-refractivity contribution in [2.45, 2.75) is 19.8 Å². The van der Waals surface area contributed by atoms with Crippen molar-refractivity contribution in [1.82, 2.24) is 9.66 Å². The first-order chi connectivity index (χ1) is 17.8. The SMILES string of the molecule is COc1cc(C=Nn2c(C(C)C)nc3ccc(Br)cc3c2=O)ccc1OCC(=O)Nc1ccccc1F. The maximum Gasteiger partial charge on any atom is 0.282 e. The van der Waals surface area contributed by atoms with Crippen LogP contribution in [0.2, 0.25) is 0 Å². The number of para-hydroxylation sites is 1. The number of hydrogen-bond acceptors (Lipinski definition) is 6. The highest BCUT2D eigenvalue weighted by Gasteiger charge is 2.14. The van der Waals surface area contributed by atoms with Gasteiger partial charge in [0.2, 0.25) is 0 Å². The Hall–Kier alpha value is -4.05. The molecular weight excluding hydrogens is 543 g/mol. The maximum absolute atomic E-state index is 13.7. The van der Waals surface area contributed by atoms with Crippen LogP contribution in [0.4, 0.5) is 10.1 Å². The highest BCUT2D eigenvalue weighted by molar-refractivity contribution is 9.10. The molecule has 3 aromatic carbocycles. The van der Waals surface area contributed by atoms with Gasteiger partial charge in [0.15, 0.2) is 18.1 Å². The van der Waals surface area contributed by atoms with Crippen LogP contribution in [0.3, 0.4) is 0 Å². The minimum atomic E-state index is -0.536. The van der Waals surface area contributed by atoms with Gasteiger partial charge < -0.3 is 14.8 Å². The number of methoxy groups -OCH3 is 1. The van der Waals surface area contributed by atoms with Gasteiger partial charge in [-0.3, -0.25) is 9.59 Å². The Kier molecular flexibility index (Phi) is 7.98. The fourth-order valence-electron chi connectivity index (χ4n) is 3.55. The lowest BCUT2D eigenvalue weighted by Gasteiger charge is -2.13. The second-order valence-electron chi connectivity index (χ2n) is 8.37. The van der Waals surface area contributed by atoms with Crippen molar-refractivity contribution in [3.63, 3.8) is 0 Å². The molecule has 0 bridgehead atoms. The summed E-state index contributed by atoms with van der Waals surface area (Å²) in [6.07, 6.45) is 1.52. The van der Waals surface area contributed by atoms with Crippen LogP contribution in [0.15, 0.2) is 75.0 Å². The number of halogens is 2. The fraction of sp³-hybridized carbons (Fsp3) is 0.185. The van der Waals surface area contributed by atoms with Crippen molar-refractivity contribution in [2.24, 2.45) is 5.10 Å². The first kappa shape index (κ1) is 26.0. The lowest BCUT2D eigenvalue weighted by molar-refractivity contribution is -0.118. The number of aromatic nitrogens is 2. The van der Waals surface area contributed by atoms with E-state index in [0.29, 0.717) is 33.8 Å². The lowest BCUT2D eigenvalue weighted by Crippen LogP contribution is -2.23. The summed E-state index contributed by atoms with van der Waals surface area (Å²) in [7, 11) is 1.47. The molecule has 0 radical (unpaired) electrons. The smallest absolute Gasteiger partial charge is 0.282 e. The van der Waals surface area contributed by atoms with Crippen molar-refractivity contribution in [2.75, 3.05) is 19.0 Å². The molecule has 0 fully saturated rings. The summed E-state index contributed by atoms with van der Waals surface area (Å²) in [5, 5.41) is 7.33. The standard InChI is InChI=1S/C27H24BrFN4O4/c1-16(2)26-32-21-10-9-18(28)13-19(21)27(35)33(26)30-14-17-8-11-23(24(12-17)36-3)37-15-25(34)31-22-7-5-4-6-20(22)29/h4-14,16H,15H2,1-3H3,(H,31,34). The zero-order valence-corrected chi connectivity index (χ0v) is 22.0. The molecule has 10 heteroatoms. The normalized spacial score (nSPS) is 11.3. The van der Waals surface area contributed by atoms with Crippen LogP contribution in [0.5, 0.6) is 11.5 Å². The van der Waals surface area contributed by atoms with Gasteiger partial charge in [0.05, 0.1) is 29.9 Å². The first-order valence-corrected chi connectivity index (χ1v) is 12.2. The topological polar surface area (TPSA) is 94.8 Å². The number of ether oxygens (including phenoxy) is 2. The number of nitrogens with one attached hydrogen (secondary N) is 1. The van der Waals surface area contributed by atoms with Gasteiger partial charge in [-0.1, -0.05) is 41.9 Å². The average Bonchev–Trinajstić information content (AvgIpc) is 2.88. The molecule has 0 spiro atoms. The molecule has 190 valence electrons.